The normalized spacial score (nSPS) is 25.5. The van der Waals surface area contributed by atoms with Crippen LogP contribution in [0.2, 0.25) is 0 Å². The largest absolute Gasteiger partial charge is 0.359 e. The van der Waals surface area contributed by atoms with Gasteiger partial charge in [0, 0.05) is 23.7 Å². The Morgan fingerprint density at radius 1 is 1.33 bits per heavy atom. The highest BCUT2D eigenvalue weighted by atomic mass is 32.2. The average Bonchev–Trinajstić information content (AvgIpc) is 3.02. The molecule has 0 amide bonds. The molecule has 18 heavy (non-hydrogen) atoms. The van der Waals surface area contributed by atoms with Gasteiger partial charge in [-0.05, 0) is 37.5 Å². The van der Waals surface area contributed by atoms with Crippen LogP contribution in [0.5, 0.6) is 0 Å². The van der Waals surface area contributed by atoms with Gasteiger partial charge in [-0.2, -0.15) is 0 Å². The highest BCUT2D eigenvalue weighted by molar-refractivity contribution is 8.14. The number of hydrogen-bond acceptors (Lipinski definition) is 3. The number of aliphatic imine (C=N–C) groups is 1. The van der Waals surface area contributed by atoms with Crippen LogP contribution < -0.4 is 5.32 Å². The SMILES string of the molecule is CC(N=C1NC2(CCCC2)CS1)c1ccncc1. The zero-order valence-corrected chi connectivity index (χ0v) is 11.5. The van der Waals surface area contributed by atoms with Crippen molar-refractivity contribution in [2.24, 2.45) is 4.99 Å². The van der Waals surface area contributed by atoms with Crippen LogP contribution >= 0.6 is 11.8 Å². The van der Waals surface area contributed by atoms with Gasteiger partial charge in [-0.25, -0.2) is 0 Å². The summed E-state index contributed by atoms with van der Waals surface area (Å²) in [5.74, 6) is 1.19. The lowest BCUT2D eigenvalue weighted by atomic mass is 10.0. The summed E-state index contributed by atoms with van der Waals surface area (Å²) in [6.45, 7) is 2.14. The van der Waals surface area contributed by atoms with Gasteiger partial charge < -0.3 is 5.32 Å². The summed E-state index contributed by atoms with van der Waals surface area (Å²) in [6, 6.07) is 4.29. The zero-order chi connectivity index (χ0) is 12.4. The molecule has 96 valence electrons. The second kappa shape index (κ2) is 4.92. The Kier molecular flexibility index (Phi) is 3.29. The number of rotatable bonds is 2. The summed E-state index contributed by atoms with van der Waals surface area (Å²) >= 11 is 1.88. The van der Waals surface area contributed by atoms with Crippen molar-refractivity contribution in [3.05, 3.63) is 30.1 Å². The van der Waals surface area contributed by atoms with E-state index in [-0.39, 0.29) is 6.04 Å². The molecule has 3 rings (SSSR count). The van der Waals surface area contributed by atoms with Gasteiger partial charge in [0.2, 0.25) is 0 Å². The molecule has 2 heterocycles. The lowest BCUT2D eigenvalue weighted by Crippen LogP contribution is -2.40. The molecule has 1 N–H and O–H groups in total. The van der Waals surface area contributed by atoms with Crippen molar-refractivity contribution in [1.29, 1.82) is 0 Å². The van der Waals surface area contributed by atoms with Crippen molar-refractivity contribution in [1.82, 2.24) is 10.3 Å². The molecule has 1 saturated heterocycles. The minimum Gasteiger partial charge on any atom is -0.359 e. The molecule has 1 spiro atoms. The summed E-state index contributed by atoms with van der Waals surface area (Å²) in [5.41, 5.74) is 1.59. The smallest absolute Gasteiger partial charge is 0.157 e. The summed E-state index contributed by atoms with van der Waals surface area (Å²) in [7, 11) is 0. The molecule has 1 aliphatic heterocycles. The molecule has 0 aromatic carbocycles. The fourth-order valence-corrected chi connectivity index (χ4v) is 4.08. The second-order valence-corrected chi connectivity index (χ2v) is 6.26. The van der Waals surface area contributed by atoms with Crippen molar-refractivity contribution in [3.8, 4) is 0 Å². The molecular formula is C14H19N3S. The monoisotopic (exact) mass is 261 g/mol. The van der Waals surface area contributed by atoms with Gasteiger partial charge in [-0.1, -0.05) is 24.6 Å². The van der Waals surface area contributed by atoms with Gasteiger partial charge >= 0.3 is 0 Å². The fraction of sp³-hybridized carbons (Fsp3) is 0.571. The summed E-state index contributed by atoms with van der Waals surface area (Å²) in [4.78, 5) is 8.85. The van der Waals surface area contributed by atoms with Crippen LogP contribution in [0.4, 0.5) is 0 Å². The molecule has 1 aromatic rings. The Labute approximate surface area is 112 Å². The van der Waals surface area contributed by atoms with E-state index >= 15 is 0 Å². The molecule has 3 nitrogen and oxygen atoms in total. The number of thioether (sulfide) groups is 1. The predicted molar refractivity (Wildman–Crippen MR) is 76.9 cm³/mol. The van der Waals surface area contributed by atoms with Crippen LogP contribution in [0.1, 0.15) is 44.2 Å². The van der Waals surface area contributed by atoms with E-state index in [2.05, 4.69) is 17.2 Å². The summed E-state index contributed by atoms with van der Waals surface area (Å²) in [6.07, 6.45) is 9.01. The van der Waals surface area contributed by atoms with E-state index in [9.17, 15) is 0 Å². The standard InChI is InChI=1S/C14H19N3S/c1-11(12-4-8-15-9-5-12)16-13-17-14(10-18-13)6-2-3-7-14/h4-5,8-9,11H,2-3,6-7,10H2,1H3,(H,16,17). The number of hydrogen-bond donors (Lipinski definition) is 1. The van der Waals surface area contributed by atoms with Crippen LogP contribution in [-0.4, -0.2) is 21.4 Å². The van der Waals surface area contributed by atoms with Gasteiger partial charge in [0.15, 0.2) is 5.17 Å². The number of amidine groups is 1. The van der Waals surface area contributed by atoms with Crippen LogP contribution in [0.15, 0.2) is 29.5 Å². The molecule has 1 atom stereocenters. The zero-order valence-electron chi connectivity index (χ0n) is 10.7. The summed E-state index contributed by atoms with van der Waals surface area (Å²) in [5, 5.41) is 4.79. The first kappa shape index (κ1) is 12.0. The van der Waals surface area contributed by atoms with Crippen molar-refractivity contribution < 1.29 is 0 Å². The lowest BCUT2D eigenvalue weighted by molar-refractivity contribution is 0.452. The fourth-order valence-electron chi connectivity index (χ4n) is 2.79. The topological polar surface area (TPSA) is 37.3 Å². The van der Waals surface area contributed by atoms with Crippen molar-refractivity contribution in [2.45, 2.75) is 44.2 Å². The van der Waals surface area contributed by atoms with Crippen molar-refractivity contribution in [2.75, 3.05) is 5.75 Å². The van der Waals surface area contributed by atoms with Gasteiger partial charge in [-0.15, -0.1) is 0 Å². The number of aromatic nitrogens is 1. The highest BCUT2D eigenvalue weighted by Crippen LogP contribution is 2.38. The van der Waals surface area contributed by atoms with Crippen LogP contribution in [0.25, 0.3) is 0 Å². The Bertz CT molecular complexity index is 438. The lowest BCUT2D eigenvalue weighted by Gasteiger charge is -2.22. The van der Waals surface area contributed by atoms with E-state index in [0.717, 1.165) is 5.17 Å². The Morgan fingerprint density at radius 2 is 2.06 bits per heavy atom. The molecule has 1 aliphatic carbocycles. The minimum absolute atomic E-state index is 0.208. The van der Waals surface area contributed by atoms with Crippen LogP contribution in [-0.2, 0) is 0 Å². The van der Waals surface area contributed by atoms with E-state index < -0.39 is 0 Å². The third kappa shape index (κ3) is 2.39. The highest BCUT2D eigenvalue weighted by Gasteiger charge is 2.39. The summed E-state index contributed by atoms with van der Waals surface area (Å²) < 4.78 is 0. The third-order valence-electron chi connectivity index (χ3n) is 3.92. The minimum atomic E-state index is 0.208. The quantitative estimate of drug-likeness (QED) is 0.888. The molecule has 1 unspecified atom stereocenters. The van der Waals surface area contributed by atoms with E-state index in [0.29, 0.717) is 5.54 Å². The first-order valence-electron chi connectivity index (χ1n) is 6.66. The molecule has 1 aromatic heterocycles. The molecule has 0 radical (unpaired) electrons. The van der Waals surface area contributed by atoms with E-state index in [1.807, 2.05) is 36.3 Å². The molecule has 2 aliphatic rings. The van der Waals surface area contributed by atoms with Gasteiger partial charge in [0.1, 0.15) is 0 Å². The van der Waals surface area contributed by atoms with E-state index in [4.69, 9.17) is 4.99 Å². The van der Waals surface area contributed by atoms with Gasteiger partial charge in [0.05, 0.1) is 6.04 Å². The van der Waals surface area contributed by atoms with Crippen LogP contribution in [0.3, 0.4) is 0 Å². The third-order valence-corrected chi connectivity index (χ3v) is 5.10. The average molecular weight is 261 g/mol. The Morgan fingerprint density at radius 3 is 2.78 bits per heavy atom. The first-order valence-corrected chi connectivity index (χ1v) is 7.65. The maximum absolute atomic E-state index is 4.81. The predicted octanol–water partition coefficient (Wildman–Crippen LogP) is 3.15. The second-order valence-electron chi connectivity index (χ2n) is 5.29. The molecule has 2 fully saturated rings. The van der Waals surface area contributed by atoms with Gasteiger partial charge in [-0.3, -0.25) is 9.98 Å². The first-order chi connectivity index (χ1) is 8.77. The van der Waals surface area contributed by atoms with E-state index in [1.54, 1.807) is 0 Å². The Balaban J connectivity index is 1.70. The van der Waals surface area contributed by atoms with Crippen LogP contribution in [0, 0.1) is 0 Å². The van der Waals surface area contributed by atoms with E-state index in [1.165, 1.54) is 37.0 Å². The van der Waals surface area contributed by atoms with Crippen molar-refractivity contribution in [3.63, 3.8) is 0 Å². The van der Waals surface area contributed by atoms with Crippen molar-refractivity contribution >= 4 is 16.9 Å². The van der Waals surface area contributed by atoms with Gasteiger partial charge in [0.25, 0.3) is 0 Å². The number of pyridine rings is 1. The molecule has 4 heteroatoms. The molecular weight excluding hydrogens is 242 g/mol. The Hall–Kier alpha value is -1.03. The maximum atomic E-state index is 4.81. The number of nitrogens with zero attached hydrogens (tertiary/aromatic N) is 2. The maximum Gasteiger partial charge on any atom is 0.157 e. The molecule has 0 bridgehead atoms. The number of nitrogens with one attached hydrogen (secondary N) is 1. The molecule has 1 saturated carbocycles.